The van der Waals surface area contributed by atoms with E-state index in [1.807, 2.05) is 0 Å². The van der Waals surface area contributed by atoms with Crippen molar-refractivity contribution in [3.05, 3.63) is 58.7 Å². The van der Waals surface area contributed by atoms with E-state index in [2.05, 4.69) is 55.6 Å². The fourth-order valence-corrected chi connectivity index (χ4v) is 4.41. The van der Waals surface area contributed by atoms with E-state index in [1.165, 1.54) is 34.3 Å². The molecule has 6 nitrogen and oxygen atoms in total. The van der Waals surface area contributed by atoms with E-state index in [9.17, 15) is 4.79 Å². The van der Waals surface area contributed by atoms with Crippen LogP contribution in [0.15, 0.2) is 36.4 Å². The zero-order chi connectivity index (χ0) is 21.7. The molecule has 0 radical (unpaired) electrons. The lowest BCUT2D eigenvalue weighted by Crippen LogP contribution is -3.13. The number of quaternary nitrogens is 1. The van der Waals surface area contributed by atoms with Crippen LogP contribution in [0.2, 0.25) is 0 Å². The third-order valence-electron chi connectivity index (χ3n) is 5.85. The van der Waals surface area contributed by atoms with Crippen LogP contribution < -0.4 is 19.7 Å². The van der Waals surface area contributed by atoms with Gasteiger partial charge in [0, 0.05) is 24.7 Å². The lowest BCUT2D eigenvalue weighted by molar-refractivity contribution is -0.948. The predicted octanol–water partition coefficient (Wildman–Crippen LogP) is 1.85. The number of aryl methyl sites for hydroxylation is 1. The second-order valence-corrected chi connectivity index (χ2v) is 7.99. The van der Waals surface area contributed by atoms with Gasteiger partial charge in [0.15, 0.2) is 11.5 Å². The Morgan fingerprint density at radius 1 is 1.13 bits per heavy atom. The Kier molecular flexibility index (Phi) is 7.34. The molecule has 3 rings (SSSR count). The first-order valence-corrected chi connectivity index (χ1v) is 10.4. The van der Waals surface area contributed by atoms with Gasteiger partial charge in [-0.25, -0.2) is 0 Å². The van der Waals surface area contributed by atoms with Crippen molar-refractivity contribution in [2.24, 2.45) is 0 Å². The van der Waals surface area contributed by atoms with Gasteiger partial charge < -0.3 is 24.4 Å². The molecule has 0 fully saturated rings. The molecule has 2 N–H and O–H groups in total. The van der Waals surface area contributed by atoms with E-state index in [0.717, 1.165) is 25.3 Å². The lowest BCUT2D eigenvalue weighted by Gasteiger charge is -2.38. The van der Waals surface area contributed by atoms with Gasteiger partial charge in [0.1, 0.15) is 19.2 Å². The van der Waals surface area contributed by atoms with Crippen molar-refractivity contribution in [3.8, 4) is 11.5 Å². The molecule has 1 unspecified atom stereocenters. The van der Waals surface area contributed by atoms with Crippen LogP contribution >= 0.6 is 0 Å². The van der Waals surface area contributed by atoms with Crippen molar-refractivity contribution < 1.29 is 23.9 Å². The number of amides is 1. The highest BCUT2D eigenvalue weighted by atomic mass is 16.5. The maximum atomic E-state index is 12.2. The number of benzene rings is 2. The first-order valence-electron chi connectivity index (χ1n) is 10.4. The van der Waals surface area contributed by atoms with Gasteiger partial charge in [0.05, 0.1) is 26.8 Å². The Balaban J connectivity index is 1.96. The van der Waals surface area contributed by atoms with Crippen LogP contribution in [0, 0.1) is 6.92 Å². The molecule has 0 saturated heterocycles. The number of fused-ring (bicyclic) bond motifs is 1. The van der Waals surface area contributed by atoms with Gasteiger partial charge in [0.25, 0.3) is 0 Å². The van der Waals surface area contributed by atoms with Gasteiger partial charge >= 0.3 is 0 Å². The fourth-order valence-electron chi connectivity index (χ4n) is 4.41. The number of carbonyl (C=O) groups is 1. The Bertz CT molecular complexity index is 866. The number of ether oxygens (including phenoxy) is 3. The summed E-state index contributed by atoms with van der Waals surface area (Å²) < 4.78 is 16.1. The third-order valence-corrected chi connectivity index (χ3v) is 5.85. The SMILES string of the molecule is COCC(=O)N[C@H](C)[C@H]1c2cc(OC)c(OC)cc2CC[NH+]1Cc1ccc(C)cc1. The highest BCUT2D eigenvalue weighted by molar-refractivity contribution is 5.77. The number of methoxy groups -OCH3 is 3. The van der Waals surface area contributed by atoms with E-state index in [4.69, 9.17) is 14.2 Å². The van der Waals surface area contributed by atoms with Crippen LogP contribution in [0.1, 0.15) is 35.2 Å². The normalized spacial score (nSPS) is 19.0. The average Bonchev–Trinajstić information content (AvgIpc) is 2.74. The second-order valence-electron chi connectivity index (χ2n) is 7.99. The van der Waals surface area contributed by atoms with Crippen LogP contribution in [-0.4, -0.2) is 46.4 Å². The molecular weight excluding hydrogens is 380 g/mol. The Labute approximate surface area is 179 Å². The quantitative estimate of drug-likeness (QED) is 0.693. The van der Waals surface area contributed by atoms with Crippen molar-refractivity contribution in [2.45, 2.75) is 38.9 Å². The first kappa shape index (κ1) is 22.1. The molecule has 2 aromatic rings. The molecule has 0 bridgehead atoms. The Morgan fingerprint density at radius 2 is 1.80 bits per heavy atom. The lowest BCUT2D eigenvalue weighted by atomic mass is 9.87. The van der Waals surface area contributed by atoms with Gasteiger partial charge in [-0.05, 0) is 31.5 Å². The van der Waals surface area contributed by atoms with Gasteiger partial charge in [0.2, 0.25) is 5.91 Å². The number of hydrogen-bond donors (Lipinski definition) is 2. The molecule has 1 aliphatic heterocycles. The Morgan fingerprint density at radius 3 is 2.43 bits per heavy atom. The molecule has 0 spiro atoms. The summed E-state index contributed by atoms with van der Waals surface area (Å²) in [6.45, 7) is 6.10. The zero-order valence-corrected chi connectivity index (χ0v) is 18.6. The van der Waals surface area contributed by atoms with Crippen molar-refractivity contribution in [2.75, 3.05) is 34.5 Å². The average molecular weight is 414 g/mol. The molecule has 1 aliphatic rings. The van der Waals surface area contributed by atoms with E-state index >= 15 is 0 Å². The summed E-state index contributed by atoms with van der Waals surface area (Å²) in [6.07, 6.45) is 0.951. The van der Waals surface area contributed by atoms with Gasteiger partial charge in [-0.15, -0.1) is 0 Å². The van der Waals surface area contributed by atoms with Crippen LogP contribution in [0.3, 0.4) is 0 Å². The molecule has 2 aromatic carbocycles. The summed E-state index contributed by atoms with van der Waals surface area (Å²) in [5.74, 6) is 1.36. The summed E-state index contributed by atoms with van der Waals surface area (Å²) >= 11 is 0. The standard InChI is InChI=1S/C24H32N2O4/c1-16-6-8-18(9-7-16)14-26-11-10-19-12-21(29-4)22(30-5)13-20(19)24(26)17(2)25-23(27)15-28-3/h6-9,12-13,17,24H,10-11,14-15H2,1-5H3,(H,25,27)/p+1/t17-,24+/m1/s1. The van der Waals surface area contributed by atoms with E-state index in [1.54, 1.807) is 14.2 Å². The van der Waals surface area contributed by atoms with Crippen LogP contribution in [0.5, 0.6) is 11.5 Å². The molecule has 30 heavy (non-hydrogen) atoms. The number of carbonyl (C=O) groups excluding carboxylic acids is 1. The highest BCUT2D eigenvalue weighted by Crippen LogP contribution is 2.35. The van der Waals surface area contributed by atoms with Crippen LogP contribution in [-0.2, 0) is 22.5 Å². The van der Waals surface area contributed by atoms with Gasteiger partial charge in [-0.3, -0.25) is 4.79 Å². The smallest absolute Gasteiger partial charge is 0.246 e. The summed E-state index contributed by atoms with van der Waals surface area (Å²) in [5.41, 5.74) is 5.00. The van der Waals surface area contributed by atoms with E-state index in [0.29, 0.717) is 5.75 Å². The summed E-state index contributed by atoms with van der Waals surface area (Å²) in [7, 11) is 4.85. The zero-order valence-electron chi connectivity index (χ0n) is 18.6. The molecular formula is C24H33N2O4+. The summed E-state index contributed by atoms with van der Waals surface area (Å²) in [6, 6.07) is 12.9. The van der Waals surface area contributed by atoms with E-state index < -0.39 is 0 Å². The van der Waals surface area contributed by atoms with Crippen LogP contribution in [0.4, 0.5) is 0 Å². The highest BCUT2D eigenvalue weighted by Gasteiger charge is 2.37. The number of hydrogen-bond acceptors (Lipinski definition) is 4. The van der Waals surface area contributed by atoms with Crippen molar-refractivity contribution in [1.29, 1.82) is 0 Å². The van der Waals surface area contributed by atoms with Crippen molar-refractivity contribution >= 4 is 5.91 Å². The van der Waals surface area contributed by atoms with Crippen molar-refractivity contribution in [1.82, 2.24) is 5.32 Å². The minimum Gasteiger partial charge on any atom is -0.493 e. The monoisotopic (exact) mass is 413 g/mol. The largest absolute Gasteiger partial charge is 0.493 e. The fraction of sp³-hybridized carbons (Fsp3) is 0.458. The van der Waals surface area contributed by atoms with E-state index in [-0.39, 0.29) is 24.6 Å². The second kappa shape index (κ2) is 9.96. The first-order chi connectivity index (χ1) is 14.5. The van der Waals surface area contributed by atoms with Crippen LogP contribution in [0.25, 0.3) is 0 Å². The Hall–Kier alpha value is -2.57. The topological polar surface area (TPSA) is 61.2 Å². The molecule has 1 heterocycles. The molecule has 162 valence electrons. The summed E-state index contributed by atoms with van der Waals surface area (Å²) in [5, 5.41) is 3.13. The van der Waals surface area contributed by atoms with Crippen molar-refractivity contribution in [3.63, 3.8) is 0 Å². The number of nitrogens with one attached hydrogen (secondary N) is 2. The predicted molar refractivity (Wildman–Crippen MR) is 116 cm³/mol. The molecule has 1 amide bonds. The minimum atomic E-state index is -0.104. The maximum Gasteiger partial charge on any atom is 0.246 e. The molecule has 0 saturated carbocycles. The summed E-state index contributed by atoms with van der Waals surface area (Å²) in [4.78, 5) is 13.7. The van der Waals surface area contributed by atoms with Gasteiger partial charge in [-0.1, -0.05) is 29.8 Å². The molecule has 0 aromatic heterocycles. The number of rotatable bonds is 8. The molecule has 6 heteroatoms. The molecule has 3 atom stereocenters. The van der Waals surface area contributed by atoms with Gasteiger partial charge in [-0.2, -0.15) is 0 Å². The maximum absolute atomic E-state index is 12.2. The molecule has 0 aliphatic carbocycles. The third kappa shape index (κ3) is 4.94. The minimum absolute atomic E-state index is 0.0587.